The summed E-state index contributed by atoms with van der Waals surface area (Å²) in [5, 5.41) is 3.57. The molecular weight excluding hydrogens is 388 g/mol. The van der Waals surface area contributed by atoms with Crippen molar-refractivity contribution in [3.05, 3.63) is 6.20 Å². The summed E-state index contributed by atoms with van der Waals surface area (Å²) in [6, 6.07) is 0.541. The van der Waals surface area contributed by atoms with Crippen LogP contribution >= 0.6 is 0 Å². The molecule has 1 N–H and O–H groups in total. The van der Waals surface area contributed by atoms with Gasteiger partial charge in [0.1, 0.15) is 11.7 Å². The molecule has 3 aliphatic rings. The molecule has 168 valence electrons. The van der Waals surface area contributed by atoms with Crippen molar-refractivity contribution in [3.8, 4) is 12.3 Å². The van der Waals surface area contributed by atoms with Gasteiger partial charge in [0, 0.05) is 19.1 Å². The second-order valence-electron chi connectivity index (χ2n) is 9.32. The summed E-state index contributed by atoms with van der Waals surface area (Å²) in [6.07, 6.45) is 15.0. The first-order valence-electron chi connectivity index (χ1n) is 11.9. The van der Waals surface area contributed by atoms with Gasteiger partial charge < -0.3 is 15.1 Å². The largest absolute Gasteiger partial charge is 0.351 e. The average Bonchev–Trinajstić information content (AvgIpc) is 3.31. The minimum Gasteiger partial charge on any atom is -0.351 e. The van der Waals surface area contributed by atoms with E-state index in [0.717, 1.165) is 63.2 Å². The van der Waals surface area contributed by atoms with Crippen LogP contribution in [0.5, 0.6) is 0 Å². The van der Waals surface area contributed by atoms with Crippen LogP contribution in [0.15, 0.2) is 6.20 Å². The highest BCUT2D eigenvalue weighted by Gasteiger charge is 2.41. The first-order valence-corrected chi connectivity index (χ1v) is 11.9. The van der Waals surface area contributed by atoms with E-state index in [1.54, 1.807) is 4.90 Å². The average molecular weight is 425 g/mol. The Morgan fingerprint density at radius 1 is 1.26 bits per heavy atom. The lowest BCUT2D eigenvalue weighted by atomic mass is 9.90. The molecule has 0 bridgehead atoms. The van der Waals surface area contributed by atoms with Gasteiger partial charge in [-0.05, 0) is 58.0 Å². The van der Waals surface area contributed by atoms with Crippen molar-refractivity contribution in [2.75, 3.05) is 41.8 Å². The Hall–Kier alpha value is -2.33. The number of aromatic nitrogens is 2. The molecule has 3 heterocycles. The molecule has 0 spiro atoms. The monoisotopic (exact) mass is 424 g/mol. The highest BCUT2D eigenvalue weighted by Crippen LogP contribution is 2.40. The zero-order valence-corrected chi connectivity index (χ0v) is 19.2. The smallest absolute Gasteiger partial charge is 0.249 e. The fourth-order valence-electron chi connectivity index (χ4n) is 5.51. The molecule has 1 aromatic heterocycles. The first kappa shape index (κ1) is 21.9. The van der Waals surface area contributed by atoms with Crippen molar-refractivity contribution in [1.82, 2.24) is 14.9 Å². The van der Waals surface area contributed by atoms with Gasteiger partial charge in [-0.15, -0.1) is 6.42 Å². The number of hydrogen-bond acceptors (Lipinski definition) is 6. The molecule has 1 saturated heterocycles. The third-order valence-electron chi connectivity index (χ3n) is 7.42. The Morgan fingerprint density at radius 3 is 2.61 bits per heavy atom. The van der Waals surface area contributed by atoms with E-state index in [9.17, 15) is 4.79 Å². The van der Waals surface area contributed by atoms with Gasteiger partial charge in [-0.25, -0.2) is 4.98 Å². The van der Waals surface area contributed by atoms with Crippen molar-refractivity contribution in [2.45, 2.75) is 76.9 Å². The molecule has 0 radical (unpaired) electrons. The van der Waals surface area contributed by atoms with Crippen molar-refractivity contribution in [3.63, 3.8) is 0 Å². The van der Waals surface area contributed by atoms with E-state index >= 15 is 0 Å². The number of nitrogens with one attached hydrogen (secondary N) is 1. The highest BCUT2D eigenvalue weighted by molar-refractivity contribution is 6.04. The predicted molar refractivity (Wildman–Crippen MR) is 125 cm³/mol. The van der Waals surface area contributed by atoms with Crippen LogP contribution in [0.4, 0.5) is 17.5 Å². The third kappa shape index (κ3) is 4.36. The number of likely N-dealkylation sites (tertiary alicyclic amines) is 1. The van der Waals surface area contributed by atoms with E-state index in [2.05, 4.69) is 39.9 Å². The van der Waals surface area contributed by atoms with Crippen molar-refractivity contribution in [2.24, 2.45) is 5.92 Å². The van der Waals surface area contributed by atoms with E-state index in [0.29, 0.717) is 17.9 Å². The Balaban J connectivity index is 1.53. The second kappa shape index (κ2) is 9.44. The molecular formula is C24H36N6O. The standard InChI is InChI=1S/C24H36N6O/c1-5-13-29-14-11-18(12-15-29)17(3)26-24-25-16-21-22(27-24)30(19-9-7-8-10-19)20(6-2)23(31)28(21)4/h1,16-20H,6-15H2,2-4H3,(H,25,26,27)/t17?,20-/m1/s1. The third-order valence-corrected chi connectivity index (χ3v) is 7.42. The Labute approximate surface area is 186 Å². The van der Waals surface area contributed by atoms with Crippen LogP contribution in [0.2, 0.25) is 0 Å². The summed E-state index contributed by atoms with van der Waals surface area (Å²) in [4.78, 5) is 29.0. The van der Waals surface area contributed by atoms with Crippen molar-refractivity contribution in [1.29, 1.82) is 0 Å². The fraction of sp³-hybridized carbons (Fsp3) is 0.708. The SMILES string of the molecule is C#CCN1CCC(C(C)Nc2ncc3c(n2)N(C2CCCC2)[C@H](CC)C(=O)N3C)CC1. The molecule has 7 heteroatoms. The van der Waals surface area contributed by atoms with E-state index in [-0.39, 0.29) is 18.0 Å². The second-order valence-corrected chi connectivity index (χ2v) is 9.32. The van der Waals surface area contributed by atoms with Gasteiger partial charge in [0.2, 0.25) is 11.9 Å². The van der Waals surface area contributed by atoms with Gasteiger partial charge in [-0.2, -0.15) is 4.98 Å². The van der Waals surface area contributed by atoms with Crippen LogP contribution in [0.1, 0.15) is 58.8 Å². The van der Waals surface area contributed by atoms with E-state index in [4.69, 9.17) is 11.4 Å². The predicted octanol–water partition coefficient (Wildman–Crippen LogP) is 3.13. The maximum Gasteiger partial charge on any atom is 0.249 e. The molecule has 31 heavy (non-hydrogen) atoms. The number of fused-ring (bicyclic) bond motifs is 1. The van der Waals surface area contributed by atoms with Crippen molar-refractivity contribution >= 4 is 23.4 Å². The summed E-state index contributed by atoms with van der Waals surface area (Å²) in [5.74, 6) is 5.05. The molecule has 1 unspecified atom stereocenters. The van der Waals surface area contributed by atoms with Gasteiger partial charge in [0.15, 0.2) is 5.82 Å². The maximum atomic E-state index is 13.0. The number of terminal acetylenes is 1. The maximum absolute atomic E-state index is 13.0. The summed E-state index contributed by atoms with van der Waals surface area (Å²) in [7, 11) is 1.85. The first-order chi connectivity index (χ1) is 15.0. The van der Waals surface area contributed by atoms with Crippen LogP contribution in [0.3, 0.4) is 0 Å². The van der Waals surface area contributed by atoms with Crippen LogP contribution in [-0.2, 0) is 4.79 Å². The number of carbonyl (C=O) groups excluding carboxylic acids is 1. The minimum atomic E-state index is -0.138. The number of piperidine rings is 1. The van der Waals surface area contributed by atoms with Gasteiger partial charge in [-0.1, -0.05) is 25.7 Å². The van der Waals surface area contributed by atoms with Crippen LogP contribution < -0.4 is 15.1 Å². The lowest BCUT2D eigenvalue weighted by Crippen LogP contribution is -2.55. The van der Waals surface area contributed by atoms with Crippen LogP contribution in [0.25, 0.3) is 0 Å². The van der Waals surface area contributed by atoms with Crippen LogP contribution in [-0.4, -0.2) is 65.6 Å². The fourth-order valence-corrected chi connectivity index (χ4v) is 5.51. The number of nitrogens with zero attached hydrogens (tertiary/aromatic N) is 5. The normalized spacial score (nSPS) is 24.2. The lowest BCUT2D eigenvalue weighted by molar-refractivity contribution is -0.120. The molecule has 1 aliphatic carbocycles. The van der Waals surface area contributed by atoms with Gasteiger partial charge in [-0.3, -0.25) is 9.69 Å². The summed E-state index contributed by atoms with van der Waals surface area (Å²) in [5.41, 5.74) is 0.822. The van der Waals surface area contributed by atoms with Crippen LogP contribution in [0, 0.1) is 18.3 Å². The number of likely N-dealkylation sites (N-methyl/N-ethyl adjacent to an activating group) is 1. The summed E-state index contributed by atoms with van der Waals surface area (Å²) < 4.78 is 0. The minimum absolute atomic E-state index is 0.138. The summed E-state index contributed by atoms with van der Waals surface area (Å²) >= 11 is 0. The number of amides is 1. The highest BCUT2D eigenvalue weighted by atomic mass is 16.2. The number of hydrogen-bond donors (Lipinski definition) is 1. The Morgan fingerprint density at radius 2 is 1.97 bits per heavy atom. The Bertz CT molecular complexity index is 822. The van der Waals surface area contributed by atoms with Gasteiger partial charge in [0.25, 0.3) is 0 Å². The van der Waals surface area contributed by atoms with Gasteiger partial charge >= 0.3 is 0 Å². The zero-order valence-electron chi connectivity index (χ0n) is 19.2. The zero-order chi connectivity index (χ0) is 22.0. The number of carbonyl (C=O) groups is 1. The molecule has 2 fully saturated rings. The van der Waals surface area contributed by atoms with E-state index in [1.807, 2.05) is 13.2 Å². The molecule has 4 rings (SSSR count). The molecule has 1 aromatic rings. The topological polar surface area (TPSA) is 64.6 Å². The molecule has 7 nitrogen and oxygen atoms in total. The molecule has 0 aromatic carbocycles. The van der Waals surface area contributed by atoms with E-state index < -0.39 is 0 Å². The lowest BCUT2D eigenvalue weighted by Gasteiger charge is -2.43. The van der Waals surface area contributed by atoms with Gasteiger partial charge in [0.05, 0.1) is 12.7 Å². The molecule has 1 saturated carbocycles. The molecule has 2 atom stereocenters. The van der Waals surface area contributed by atoms with Crippen molar-refractivity contribution < 1.29 is 4.79 Å². The summed E-state index contributed by atoms with van der Waals surface area (Å²) in [6.45, 7) is 7.16. The number of rotatable bonds is 6. The Kier molecular flexibility index (Phi) is 6.66. The van der Waals surface area contributed by atoms with E-state index in [1.165, 1.54) is 12.8 Å². The quantitative estimate of drug-likeness (QED) is 0.708. The number of anilines is 3. The molecule has 2 aliphatic heterocycles. The molecule has 1 amide bonds.